The molecule has 2 aliphatic carbocycles. The first-order valence-corrected chi connectivity index (χ1v) is 13.8. The van der Waals surface area contributed by atoms with Crippen LogP contribution in [0, 0.1) is 35.2 Å². The van der Waals surface area contributed by atoms with Gasteiger partial charge in [-0.05, 0) is 79.9 Å². The van der Waals surface area contributed by atoms with E-state index in [1.807, 2.05) is 0 Å². The van der Waals surface area contributed by atoms with Gasteiger partial charge < -0.3 is 4.74 Å². The first kappa shape index (κ1) is 29.7. The molecule has 0 radical (unpaired) electrons. The highest BCUT2D eigenvalue weighted by Crippen LogP contribution is 2.45. The van der Waals surface area contributed by atoms with Gasteiger partial charge in [0.05, 0.1) is 5.56 Å². The van der Waals surface area contributed by atoms with Gasteiger partial charge in [-0.1, -0.05) is 45.1 Å². The van der Waals surface area contributed by atoms with Crippen LogP contribution in [-0.4, -0.2) is 0 Å². The van der Waals surface area contributed by atoms with E-state index in [4.69, 9.17) is 0 Å². The summed E-state index contributed by atoms with van der Waals surface area (Å²) >= 11 is 0. The Hall–Kier alpha value is -2.32. The molecule has 2 aromatic rings. The fourth-order valence-corrected chi connectivity index (χ4v) is 6.47. The molecule has 0 saturated heterocycles. The van der Waals surface area contributed by atoms with E-state index in [9.17, 15) is 35.1 Å². The SMILES string of the molecule is CCCC[C@H]1CC[C@H]([C@H]2CC[C@H](c3ccc(C(F)(F)Oc4cc(F)c(C(F)(F)F)c(F)c4)c(F)c3)CC2)CC1. The second-order valence-electron chi connectivity index (χ2n) is 11.2. The maximum atomic E-state index is 14.8. The lowest BCUT2D eigenvalue weighted by Gasteiger charge is -2.38. The van der Waals surface area contributed by atoms with Crippen molar-refractivity contribution >= 4 is 0 Å². The van der Waals surface area contributed by atoms with Crippen LogP contribution in [0.25, 0.3) is 0 Å². The van der Waals surface area contributed by atoms with E-state index < -0.39 is 46.6 Å². The molecule has 2 aliphatic rings. The van der Waals surface area contributed by atoms with Crippen LogP contribution in [0.3, 0.4) is 0 Å². The van der Waals surface area contributed by atoms with Crippen LogP contribution in [-0.2, 0) is 12.3 Å². The third-order valence-electron chi connectivity index (χ3n) is 8.62. The lowest BCUT2D eigenvalue weighted by Crippen LogP contribution is -2.26. The number of rotatable bonds is 8. The smallest absolute Gasteiger partial charge is 0.429 e. The van der Waals surface area contributed by atoms with Crippen molar-refractivity contribution in [3.63, 3.8) is 0 Å². The molecule has 0 unspecified atom stereocenters. The fraction of sp³-hybridized carbons (Fsp3) is 0.600. The summed E-state index contributed by atoms with van der Waals surface area (Å²) in [6.45, 7) is 2.22. The van der Waals surface area contributed by atoms with E-state index in [-0.39, 0.29) is 18.1 Å². The van der Waals surface area contributed by atoms with E-state index in [1.165, 1.54) is 51.0 Å². The number of alkyl halides is 5. The van der Waals surface area contributed by atoms with Crippen molar-refractivity contribution in [1.29, 1.82) is 0 Å². The van der Waals surface area contributed by atoms with Gasteiger partial charge in [-0.25, -0.2) is 13.2 Å². The number of ether oxygens (including phenoxy) is 1. The second-order valence-corrected chi connectivity index (χ2v) is 11.2. The number of benzene rings is 2. The van der Waals surface area contributed by atoms with Crippen molar-refractivity contribution in [3.8, 4) is 5.75 Å². The highest BCUT2D eigenvalue weighted by Gasteiger charge is 2.41. The summed E-state index contributed by atoms with van der Waals surface area (Å²) in [4.78, 5) is 0. The van der Waals surface area contributed by atoms with Crippen LogP contribution in [0.2, 0.25) is 0 Å². The van der Waals surface area contributed by atoms with Gasteiger partial charge in [-0.2, -0.15) is 22.0 Å². The van der Waals surface area contributed by atoms with Crippen LogP contribution >= 0.6 is 0 Å². The highest BCUT2D eigenvalue weighted by atomic mass is 19.4. The molecule has 0 heterocycles. The number of unbranched alkanes of at least 4 members (excludes halogenated alkanes) is 1. The van der Waals surface area contributed by atoms with Crippen molar-refractivity contribution in [2.45, 2.75) is 95.8 Å². The minimum Gasteiger partial charge on any atom is -0.429 e. The number of halogens is 8. The van der Waals surface area contributed by atoms with Crippen LogP contribution in [0.1, 0.15) is 100 Å². The normalized spacial score (nSPS) is 24.5. The molecule has 2 aromatic carbocycles. The number of hydrogen-bond donors (Lipinski definition) is 0. The summed E-state index contributed by atoms with van der Waals surface area (Å²) in [6, 6.07) is 3.30. The minimum absolute atomic E-state index is 0.00218. The van der Waals surface area contributed by atoms with Gasteiger partial charge in [0.2, 0.25) is 0 Å². The lowest BCUT2D eigenvalue weighted by molar-refractivity contribution is -0.187. The molecule has 0 N–H and O–H groups in total. The topological polar surface area (TPSA) is 9.23 Å². The van der Waals surface area contributed by atoms with Crippen molar-refractivity contribution < 1.29 is 39.9 Å². The summed E-state index contributed by atoms with van der Waals surface area (Å²) in [6.07, 6.45) is 2.94. The maximum absolute atomic E-state index is 14.8. The maximum Gasteiger partial charge on any atom is 0.429 e. The summed E-state index contributed by atoms with van der Waals surface area (Å²) in [7, 11) is 0. The fourth-order valence-electron chi connectivity index (χ4n) is 6.47. The molecule has 0 spiro atoms. The van der Waals surface area contributed by atoms with E-state index in [2.05, 4.69) is 11.7 Å². The van der Waals surface area contributed by atoms with Gasteiger partial charge in [0, 0.05) is 12.1 Å². The average molecular weight is 563 g/mol. The quantitative estimate of drug-likeness (QED) is 0.291. The molecule has 1 nitrogen and oxygen atoms in total. The van der Waals surface area contributed by atoms with E-state index >= 15 is 0 Å². The molecule has 2 fully saturated rings. The largest absolute Gasteiger partial charge is 0.429 e. The van der Waals surface area contributed by atoms with Gasteiger partial charge >= 0.3 is 12.3 Å². The Labute approximate surface area is 223 Å². The molecule has 216 valence electrons. The zero-order chi connectivity index (χ0) is 28.4. The molecule has 0 atom stereocenters. The first-order valence-electron chi connectivity index (χ1n) is 13.8. The van der Waals surface area contributed by atoms with E-state index in [0.717, 1.165) is 49.7 Å². The lowest BCUT2D eigenvalue weighted by atomic mass is 9.68. The Morgan fingerprint density at radius 1 is 0.744 bits per heavy atom. The standard InChI is InChI=1S/C30H34F8O/c1-2-3-4-18-5-7-19(8-6-18)20-9-11-21(12-10-20)22-13-14-24(25(31)15-22)30(37,38)39-23-16-26(32)28(27(33)17-23)29(34,35)36/h13-21H,2-12H2,1H3/t18-,19-,20-,21-. The van der Waals surface area contributed by atoms with Crippen LogP contribution in [0.5, 0.6) is 5.75 Å². The Morgan fingerprint density at radius 2 is 1.31 bits per heavy atom. The Kier molecular flexibility index (Phi) is 9.16. The molecule has 9 heteroatoms. The molecule has 2 saturated carbocycles. The molecular formula is C30H34F8O. The third-order valence-corrected chi connectivity index (χ3v) is 8.62. The Morgan fingerprint density at radius 3 is 1.82 bits per heavy atom. The number of hydrogen-bond acceptors (Lipinski definition) is 1. The zero-order valence-corrected chi connectivity index (χ0v) is 21.9. The monoisotopic (exact) mass is 562 g/mol. The third kappa shape index (κ3) is 7.07. The van der Waals surface area contributed by atoms with E-state index in [0.29, 0.717) is 11.5 Å². The molecule has 0 aliphatic heterocycles. The molecule has 0 bridgehead atoms. The predicted octanol–water partition coefficient (Wildman–Crippen LogP) is 10.5. The molecule has 0 aromatic heterocycles. The van der Waals surface area contributed by atoms with Crippen molar-refractivity contribution in [2.75, 3.05) is 0 Å². The highest BCUT2D eigenvalue weighted by molar-refractivity contribution is 5.34. The molecule has 39 heavy (non-hydrogen) atoms. The second kappa shape index (κ2) is 12.0. The molecule has 4 rings (SSSR count). The van der Waals surface area contributed by atoms with Crippen molar-refractivity contribution in [3.05, 3.63) is 64.5 Å². The summed E-state index contributed by atoms with van der Waals surface area (Å²) in [5, 5.41) is 0. The van der Waals surface area contributed by atoms with Gasteiger partial charge in [0.1, 0.15) is 28.8 Å². The zero-order valence-electron chi connectivity index (χ0n) is 21.9. The van der Waals surface area contributed by atoms with Gasteiger partial charge in [0.15, 0.2) is 0 Å². The molecule has 0 amide bonds. The first-order chi connectivity index (χ1) is 18.4. The van der Waals surface area contributed by atoms with Crippen LogP contribution in [0.15, 0.2) is 30.3 Å². The Balaban J connectivity index is 1.37. The summed E-state index contributed by atoms with van der Waals surface area (Å²) < 4.78 is 114. The van der Waals surface area contributed by atoms with E-state index in [1.54, 1.807) is 0 Å². The predicted molar refractivity (Wildman–Crippen MR) is 132 cm³/mol. The van der Waals surface area contributed by atoms with Crippen molar-refractivity contribution in [2.24, 2.45) is 17.8 Å². The van der Waals surface area contributed by atoms with Crippen molar-refractivity contribution in [1.82, 2.24) is 0 Å². The Bertz CT molecular complexity index is 1090. The minimum atomic E-state index is -5.36. The summed E-state index contributed by atoms with van der Waals surface area (Å²) in [5.74, 6) is -4.41. The molecular weight excluding hydrogens is 528 g/mol. The summed E-state index contributed by atoms with van der Waals surface area (Å²) in [5.41, 5.74) is -2.79. The van der Waals surface area contributed by atoms with Gasteiger partial charge in [-0.15, -0.1) is 0 Å². The van der Waals surface area contributed by atoms with Crippen LogP contribution < -0.4 is 4.74 Å². The van der Waals surface area contributed by atoms with Crippen LogP contribution in [0.4, 0.5) is 35.1 Å². The van der Waals surface area contributed by atoms with Gasteiger partial charge in [0.25, 0.3) is 0 Å². The average Bonchev–Trinajstić information content (AvgIpc) is 2.86. The van der Waals surface area contributed by atoms with Gasteiger partial charge in [-0.3, -0.25) is 0 Å².